The van der Waals surface area contributed by atoms with Gasteiger partial charge < -0.3 is 24.3 Å². The zero-order valence-corrected chi connectivity index (χ0v) is 21.9. The molecule has 4 aromatic rings. The number of benzene rings is 3. The van der Waals surface area contributed by atoms with Gasteiger partial charge in [-0.15, -0.1) is 11.3 Å². The lowest BCUT2D eigenvalue weighted by Crippen LogP contribution is -2.42. The van der Waals surface area contributed by atoms with Crippen molar-refractivity contribution in [3.63, 3.8) is 0 Å². The first kappa shape index (κ1) is 24.7. The maximum atomic E-state index is 12.6. The number of thiophene rings is 1. The summed E-state index contributed by atoms with van der Waals surface area (Å²) >= 11 is 1.75. The number of rotatable bonds is 8. The summed E-state index contributed by atoms with van der Waals surface area (Å²) in [6.07, 6.45) is -0.245. The normalized spacial score (nSPS) is 17.3. The van der Waals surface area contributed by atoms with Gasteiger partial charge in [0.15, 0.2) is 18.1 Å². The highest BCUT2D eigenvalue weighted by molar-refractivity contribution is 7.17. The summed E-state index contributed by atoms with van der Waals surface area (Å²) < 4.78 is 24.5. The molecule has 1 atom stereocenters. The van der Waals surface area contributed by atoms with E-state index in [1.807, 2.05) is 30.3 Å². The Bertz CT molecular complexity index is 1410. The van der Waals surface area contributed by atoms with Crippen LogP contribution in [0.25, 0.3) is 21.2 Å². The molecule has 2 aliphatic heterocycles. The summed E-state index contributed by atoms with van der Waals surface area (Å²) in [5.74, 6) is 1.95. The van der Waals surface area contributed by atoms with E-state index in [4.69, 9.17) is 18.9 Å². The molecule has 0 saturated carbocycles. The van der Waals surface area contributed by atoms with E-state index >= 15 is 0 Å². The van der Waals surface area contributed by atoms with Crippen LogP contribution in [0.5, 0.6) is 17.2 Å². The number of fused-ring (bicyclic) bond motifs is 2. The SMILES string of the molecule is O=C(COc1ccc(-c2csc3ccccc23)cc1CN1CCOCC1)NCC1COc2ccccc2O1. The van der Waals surface area contributed by atoms with Crippen LogP contribution in [0, 0.1) is 0 Å². The number of nitrogens with zero attached hydrogens (tertiary/aromatic N) is 1. The number of carbonyl (C=O) groups is 1. The average Bonchev–Trinajstić information content (AvgIpc) is 3.40. The largest absolute Gasteiger partial charge is 0.486 e. The van der Waals surface area contributed by atoms with Crippen molar-refractivity contribution in [1.29, 1.82) is 0 Å². The second kappa shape index (κ2) is 11.4. The molecule has 0 aliphatic carbocycles. The van der Waals surface area contributed by atoms with Crippen LogP contribution in [-0.4, -0.2) is 63.0 Å². The Kier molecular flexibility index (Phi) is 7.44. The van der Waals surface area contributed by atoms with Crippen molar-refractivity contribution < 1.29 is 23.7 Å². The summed E-state index contributed by atoms with van der Waals surface area (Å²) in [6, 6.07) is 22.3. The van der Waals surface area contributed by atoms with Gasteiger partial charge in [0.2, 0.25) is 0 Å². The van der Waals surface area contributed by atoms with Crippen molar-refractivity contribution in [2.24, 2.45) is 0 Å². The Hall–Kier alpha value is -3.59. The Balaban J connectivity index is 1.13. The molecule has 1 unspecified atom stereocenters. The molecule has 1 N–H and O–H groups in total. The highest BCUT2D eigenvalue weighted by atomic mass is 32.1. The second-order valence-electron chi connectivity index (χ2n) is 9.45. The summed E-state index contributed by atoms with van der Waals surface area (Å²) in [4.78, 5) is 15.0. The first-order valence-corrected chi connectivity index (χ1v) is 13.8. The molecule has 1 saturated heterocycles. The smallest absolute Gasteiger partial charge is 0.258 e. The molecule has 1 aromatic heterocycles. The number of nitrogens with one attached hydrogen (secondary N) is 1. The molecule has 38 heavy (non-hydrogen) atoms. The first-order chi connectivity index (χ1) is 18.7. The molecule has 7 nitrogen and oxygen atoms in total. The number of hydrogen-bond donors (Lipinski definition) is 1. The Morgan fingerprint density at radius 2 is 1.84 bits per heavy atom. The number of carbonyl (C=O) groups excluding carboxylic acids is 1. The fourth-order valence-corrected chi connectivity index (χ4v) is 5.77. The minimum absolute atomic E-state index is 0.0684. The summed E-state index contributed by atoms with van der Waals surface area (Å²) in [7, 11) is 0. The van der Waals surface area contributed by atoms with Gasteiger partial charge in [0.1, 0.15) is 18.5 Å². The molecule has 196 valence electrons. The van der Waals surface area contributed by atoms with E-state index in [2.05, 4.69) is 52.0 Å². The average molecular weight is 531 g/mol. The highest BCUT2D eigenvalue weighted by Gasteiger charge is 2.21. The van der Waals surface area contributed by atoms with Gasteiger partial charge in [-0.3, -0.25) is 9.69 Å². The molecule has 2 aliphatic rings. The van der Waals surface area contributed by atoms with Gasteiger partial charge in [0.25, 0.3) is 5.91 Å². The van der Waals surface area contributed by atoms with E-state index in [0.717, 1.165) is 55.5 Å². The fourth-order valence-electron chi connectivity index (χ4n) is 4.80. The van der Waals surface area contributed by atoms with Crippen LogP contribution in [0.4, 0.5) is 0 Å². The van der Waals surface area contributed by atoms with Gasteiger partial charge in [0.05, 0.1) is 19.8 Å². The molecular formula is C30H30N2O5S. The van der Waals surface area contributed by atoms with Crippen LogP contribution in [0.3, 0.4) is 0 Å². The van der Waals surface area contributed by atoms with E-state index in [0.29, 0.717) is 18.9 Å². The summed E-state index contributed by atoms with van der Waals surface area (Å²) in [6.45, 7) is 4.61. The Morgan fingerprint density at radius 3 is 2.74 bits per heavy atom. The van der Waals surface area contributed by atoms with Gasteiger partial charge in [-0.1, -0.05) is 36.4 Å². The van der Waals surface area contributed by atoms with Crippen molar-refractivity contribution in [2.45, 2.75) is 12.6 Å². The van der Waals surface area contributed by atoms with E-state index < -0.39 is 0 Å². The number of ether oxygens (including phenoxy) is 4. The molecule has 1 fully saturated rings. The van der Waals surface area contributed by atoms with Gasteiger partial charge in [-0.2, -0.15) is 0 Å². The van der Waals surface area contributed by atoms with Gasteiger partial charge in [-0.25, -0.2) is 0 Å². The number of para-hydroxylation sites is 2. The molecule has 0 spiro atoms. The summed E-state index contributed by atoms with van der Waals surface area (Å²) in [5.41, 5.74) is 3.43. The predicted octanol–water partition coefficient (Wildman–Crippen LogP) is 4.74. The van der Waals surface area contributed by atoms with Crippen LogP contribution in [0.1, 0.15) is 5.56 Å². The van der Waals surface area contributed by atoms with Crippen LogP contribution < -0.4 is 19.5 Å². The third-order valence-corrected chi connectivity index (χ3v) is 7.77. The third kappa shape index (κ3) is 5.62. The second-order valence-corrected chi connectivity index (χ2v) is 10.4. The molecule has 6 rings (SSSR count). The maximum Gasteiger partial charge on any atom is 0.258 e. The molecule has 1 amide bonds. The molecule has 3 aromatic carbocycles. The zero-order chi connectivity index (χ0) is 25.7. The third-order valence-electron chi connectivity index (χ3n) is 6.80. The minimum atomic E-state index is -0.245. The number of hydrogen-bond acceptors (Lipinski definition) is 7. The Morgan fingerprint density at radius 1 is 1.03 bits per heavy atom. The monoisotopic (exact) mass is 530 g/mol. The number of amides is 1. The lowest BCUT2D eigenvalue weighted by atomic mass is 10.0. The zero-order valence-electron chi connectivity index (χ0n) is 21.1. The summed E-state index contributed by atoms with van der Waals surface area (Å²) in [5, 5.41) is 6.37. The predicted molar refractivity (Wildman–Crippen MR) is 148 cm³/mol. The molecular weight excluding hydrogens is 500 g/mol. The fraction of sp³-hybridized carbons (Fsp3) is 0.300. The van der Waals surface area contributed by atoms with E-state index in [-0.39, 0.29) is 18.6 Å². The lowest BCUT2D eigenvalue weighted by molar-refractivity contribution is -0.123. The highest BCUT2D eigenvalue weighted by Crippen LogP contribution is 2.36. The van der Waals surface area contributed by atoms with Gasteiger partial charge in [-0.05, 0) is 41.3 Å². The van der Waals surface area contributed by atoms with Crippen molar-refractivity contribution in [1.82, 2.24) is 10.2 Å². The van der Waals surface area contributed by atoms with E-state index in [1.54, 1.807) is 11.3 Å². The minimum Gasteiger partial charge on any atom is -0.486 e. The number of morpholine rings is 1. The topological polar surface area (TPSA) is 69.3 Å². The van der Waals surface area contributed by atoms with Crippen molar-refractivity contribution in [3.05, 3.63) is 77.7 Å². The van der Waals surface area contributed by atoms with Crippen molar-refractivity contribution in [2.75, 3.05) is 46.1 Å². The van der Waals surface area contributed by atoms with Crippen molar-refractivity contribution in [3.8, 4) is 28.4 Å². The standard InChI is InChI=1S/C30H30N2O5S/c33-30(31-16-23-18-35-27-6-2-3-7-28(27)37-23)19-36-26-10-9-21(15-22(26)17-32-11-13-34-14-12-32)25-20-38-29-8-4-1-5-24(25)29/h1-10,15,20,23H,11-14,16-19H2,(H,31,33). The van der Waals surface area contributed by atoms with Gasteiger partial charge in [0, 0.05) is 40.8 Å². The quantitative estimate of drug-likeness (QED) is 0.355. The molecule has 3 heterocycles. The van der Waals surface area contributed by atoms with E-state index in [9.17, 15) is 4.79 Å². The van der Waals surface area contributed by atoms with Crippen LogP contribution in [0.2, 0.25) is 0 Å². The lowest BCUT2D eigenvalue weighted by Gasteiger charge is -2.27. The maximum absolute atomic E-state index is 12.6. The van der Waals surface area contributed by atoms with E-state index in [1.165, 1.54) is 15.6 Å². The van der Waals surface area contributed by atoms with Crippen LogP contribution >= 0.6 is 11.3 Å². The molecule has 8 heteroatoms. The van der Waals surface area contributed by atoms with Crippen LogP contribution in [-0.2, 0) is 16.1 Å². The van der Waals surface area contributed by atoms with Crippen molar-refractivity contribution >= 4 is 27.3 Å². The Labute approximate surface area is 225 Å². The first-order valence-electron chi connectivity index (χ1n) is 12.9. The molecule has 0 radical (unpaired) electrons. The van der Waals surface area contributed by atoms with Gasteiger partial charge >= 0.3 is 0 Å². The van der Waals surface area contributed by atoms with Crippen LogP contribution in [0.15, 0.2) is 72.1 Å². The molecule has 0 bridgehead atoms.